The number of rotatable bonds is 3. The van der Waals surface area contributed by atoms with Crippen molar-refractivity contribution in [3.05, 3.63) is 54.6 Å². The van der Waals surface area contributed by atoms with Crippen LogP contribution in [0, 0.1) is 0 Å². The maximum Gasteiger partial charge on any atom is 0.298 e. The largest absolute Gasteiger partial charge is 0.472 e. The highest BCUT2D eigenvalue weighted by Crippen LogP contribution is 2.23. The molecule has 0 spiro atoms. The molecular weight excluding hydrogens is 270 g/mol. The van der Waals surface area contributed by atoms with Crippen LogP contribution in [0.5, 0.6) is 5.75 Å². The third-order valence-corrected chi connectivity index (χ3v) is 3.15. The Morgan fingerprint density at radius 1 is 0.810 bits per heavy atom. The number of ketones is 1. The molecule has 2 aromatic rings. The SMILES string of the molecule is O=C1NC(=O)C(Oc2ccc(-c3ccccc3)cc2)C1=O. The Balaban J connectivity index is 1.78. The first-order chi connectivity index (χ1) is 10.1. The molecule has 1 saturated heterocycles. The number of benzene rings is 2. The molecular formula is C16H11NO4. The lowest BCUT2D eigenvalue weighted by atomic mass is 10.1. The number of hydrogen-bond donors (Lipinski definition) is 1. The van der Waals surface area contributed by atoms with Gasteiger partial charge in [-0.2, -0.15) is 0 Å². The Morgan fingerprint density at radius 2 is 1.43 bits per heavy atom. The predicted octanol–water partition coefficient (Wildman–Crippen LogP) is 1.33. The quantitative estimate of drug-likeness (QED) is 0.523. The Hall–Kier alpha value is -2.95. The van der Waals surface area contributed by atoms with E-state index in [0.717, 1.165) is 11.1 Å². The molecule has 1 heterocycles. The van der Waals surface area contributed by atoms with E-state index in [-0.39, 0.29) is 0 Å². The third-order valence-electron chi connectivity index (χ3n) is 3.15. The molecule has 0 aliphatic carbocycles. The van der Waals surface area contributed by atoms with E-state index in [9.17, 15) is 14.4 Å². The van der Waals surface area contributed by atoms with Crippen molar-refractivity contribution in [1.29, 1.82) is 0 Å². The van der Waals surface area contributed by atoms with Crippen molar-refractivity contribution in [2.75, 3.05) is 0 Å². The Kier molecular flexibility index (Phi) is 3.23. The van der Waals surface area contributed by atoms with E-state index in [1.807, 2.05) is 47.8 Å². The number of ether oxygens (including phenoxy) is 1. The summed E-state index contributed by atoms with van der Waals surface area (Å²) in [6.07, 6.45) is -1.39. The van der Waals surface area contributed by atoms with Crippen LogP contribution in [-0.4, -0.2) is 23.7 Å². The van der Waals surface area contributed by atoms with E-state index < -0.39 is 23.7 Å². The minimum absolute atomic E-state index is 0.359. The average molecular weight is 281 g/mol. The summed E-state index contributed by atoms with van der Waals surface area (Å²) in [5, 5.41) is 1.92. The second-order valence-corrected chi connectivity index (χ2v) is 4.57. The summed E-state index contributed by atoms with van der Waals surface area (Å²) in [6, 6.07) is 16.7. The molecule has 0 saturated carbocycles. The molecule has 0 bridgehead atoms. The highest BCUT2D eigenvalue weighted by atomic mass is 16.5. The molecule has 21 heavy (non-hydrogen) atoms. The van der Waals surface area contributed by atoms with Gasteiger partial charge in [0.05, 0.1) is 0 Å². The van der Waals surface area contributed by atoms with Crippen LogP contribution in [0.3, 0.4) is 0 Å². The molecule has 2 amide bonds. The summed E-state index contributed by atoms with van der Waals surface area (Å²) in [6.45, 7) is 0. The maximum absolute atomic E-state index is 11.5. The van der Waals surface area contributed by atoms with Crippen LogP contribution in [0.1, 0.15) is 0 Å². The van der Waals surface area contributed by atoms with Gasteiger partial charge in [0.25, 0.3) is 17.6 Å². The summed E-state index contributed by atoms with van der Waals surface area (Å²) in [5.74, 6) is -2.16. The van der Waals surface area contributed by atoms with Crippen LogP contribution in [0.25, 0.3) is 11.1 Å². The number of Topliss-reactive ketones (excluding diaryl/α,β-unsaturated/α-hetero) is 1. The second kappa shape index (κ2) is 5.20. The second-order valence-electron chi connectivity index (χ2n) is 4.57. The average Bonchev–Trinajstić information content (AvgIpc) is 2.75. The third kappa shape index (κ3) is 2.53. The van der Waals surface area contributed by atoms with Crippen molar-refractivity contribution in [2.24, 2.45) is 0 Å². The number of nitrogens with one attached hydrogen (secondary N) is 1. The monoisotopic (exact) mass is 281 g/mol. The number of hydrogen-bond acceptors (Lipinski definition) is 4. The molecule has 1 N–H and O–H groups in total. The van der Waals surface area contributed by atoms with Crippen LogP contribution in [0.2, 0.25) is 0 Å². The lowest BCUT2D eigenvalue weighted by Gasteiger charge is -2.09. The van der Waals surface area contributed by atoms with Gasteiger partial charge in [-0.25, -0.2) is 0 Å². The Bertz CT molecular complexity index is 707. The normalized spacial score (nSPS) is 17.7. The van der Waals surface area contributed by atoms with E-state index >= 15 is 0 Å². The fourth-order valence-corrected chi connectivity index (χ4v) is 2.08. The zero-order valence-electron chi connectivity index (χ0n) is 10.9. The van der Waals surface area contributed by atoms with Gasteiger partial charge in [-0.05, 0) is 23.3 Å². The fourth-order valence-electron chi connectivity index (χ4n) is 2.08. The smallest absolute Gasteiger partial charge is 0.298 e. The van der Waals surface area contributed by atoms with Gasteiger partial charge in [-0.3, -0.25) is 19.7 Å². The zero-order chi connectivity index (χ0) is 14.8. The molecule has 1 aliphatic rings. The maximum atomic E-state index is 11.5. The van der Waals surface area contributed by atoms with Gasteiger partial charge in [0.1, 0.15) is 5.75 Å². The Morgan fingerprint density at radius 3 is 2.00 bits per heavy atom. The van der Waals surface area contributed by atoms with Gasteiger partial charge < -0.3 is 4.74 Å². The first-order valence-corrected chi connectivity index (χ1v) is 6.36. The van der Waals surface area contributed by atoms with Gasteiger partial charge in [0.2, 0.25) is 6.10 Å². The highest BCUT2D eigenvalue weighted by Gasteiger charge is 2.42. The van der Waals surface area contributed by atoms with Gasteiger partial charge in [-0.15, -0.1) is 0 Å². The zero-order valence-corrected chi connectivity index (χ0v) is 10.9. The molecule has 1 aliphatic heterocycles. The van der Waals surface area contributed by atoms with E-state index in [0.29, 0.717) is 5.75 Å². The van der Waals surface area contributed by atoms with Crippen LogP contribution >= 0.6 is 0 Å². The first kappa shape index (κ1) is 13.1. The summed E-state index contributed by atoms with van der Waals surface area (Å²) < 4.78 is 5.28. The molecule has 1 unspecified atom stereocenters. The summed E-state index contributed by atoms with van der Waals surface area (Å²) in [5.41, 5.74) is 2.04. The summed E-state index contributed by atoms with van der Waals surface area (Å²) >= 11 is 0. The molecule has 2 aromatic carbocycles. The molecule has 0 aromatic heterocycles. The number of amides is 2. The summed E-state index contributed by atoms with van der Waals surface area (Å²) in [4.78, 5) is 33.9. The minimum atomic E-state index is -1.39. The van der Waals surface area contributed by atoms with Crippen LogP contribution < -0.4 is 10.1 Å². The standard InChI is InChI=1S/C16H11NO4/c18-13-14(16(20)17-15(13)19)21-12-8-6-11(7-9-12)10-4-2-1-3-5-10/h1-9,14H,(H,17,19,20). The topological polar surface area (TPSA) is 72.5 Å². The van der Waals surface area contributed by atoms with Gasteiger partial charge >= 0.3 is 0 Å². The van der Waals surface area contributed by atoms with E-state index in [1.165, 1.54) is 0 Å². The van der Waals surface area contributed by atoms with Crippen molar-refractivity contribution in [3.63, 3.8) is 0 Å². The molecule has 0 radical (unpaired) electrons. The lowest BCUT2D eigenvalue weighted by Crippen LogP contribution is -2.31. The predicted molar refractivity (Wildman–Crippen MR) is 74.5 cm³/mol. The number of carbonyl (C=O) groups excluding carboxylic acids is 3. The fraction of sp³-hybridized carbons (Fsp3) is 0.0625. The molecule has 104 valence electrons. The highest BCUT2D eigenvalue weighted by molar-refractivity contribution is 6.49. The van der Waals surface area contributed by atoms with Gasteiger partial charge in [0, 0.05) is 0 Å². The molecule has 1 atom stereocenters. The number of imide groups is 1. The van der Waals surface area contributed by atoms with Crippen molar-refractivity contribution in [3.8, 4) is 16.9 Å². The molecule has 3 rings (SSSR count). The molecule has 1 fully saturated rings. The van der Waals surface area contributed by atoms with Crippen LogP contribution in [-0.2, 0) is 14.4 Å². The van der Waals surface area contributed by atoms with Crippen molar-refractivity contribution in [2.45, 2.75) is 6.10 Å². The first-order valence-electron chi connectivity index (χ1n) is 6.36. The van der Waals surface area contributed by atoms with Gasteiger partial charge in [-0.1, -0.05) is 42.5 Å². The molecule has 5 nitrogen and oxygen atoms in total. The Labute approximate surface area is 120 Å². The van der Waals surface area contributed by atoms with Crippen molar-refractivity contribution in [1.82, 2.24) is 5.32 Å². The van der Waals surface area contributed by atoms with E-state index in [1.54, 1.807) is 12.1 Å². The van der Waals surface area contributed by atoms with Crippen LogP contribution in [0.4, 0.5) is 0 Å². The lowest BCUT2D eigenvalue weighted by molar-refractivity contribution is -0.138. The van der Waals surface area contributed by atoms with Gasteiger partial charge in [0.15, 0.2) is 0 Å². The minimum Gasteiger partial charge on any atom is -0.472 e. The van der Waals surface area contributed by atoms with Crippen LogP contribution in [0.15, 0.2) is 54.6 Å². The van der Waals surface area contributed by atoms with E-state index in [2.05, 4.69) is 0 Å². The van der Waals surface area contributed by atoms with Crippen molar-refractivity contribution >= 4 is 17.6 Å². The molecule has 5 heteroatoms. The van der Waals surface area contributed by atoms with Crippen molar-refractivity contribution < 1.29 is 19.1 Å². The number of carbonyl (C=O) groups is 3. The van der Waals surface area contributed by atoms with E-state index in [4.69, 9.17) is 4.74 Å². The summed E-state index contributed by atoms with van der Waals surface area (Å²) in [7, 11) is 0.